The molecule has 4 rings (SSSR count). The molecular weight excluding hydrogens is 342 g/mol. The molecule has 0 aliphatic heterocycles. The Morgan fingerprint density at radius 1 is 0.926 bits per heavy atom. The van der Waals surface area contributed by atoms with Crippen molar-refractivity contribution in [3.05, 3.63) is 99.3 Å². The second kappa shape index (κ2) is 6.92. The van der Waals surface area contributed by atoms with E-state index in [1.54, 1.807) is 49.7 Å². The number of fused-ring (bicyclic) bond motifs is 1. The quantitative estimate of drug-likeness (QED) is 0.562. The van der Waals surface area contributed by atoms with Crippen LogP contribution in [0.15, 0.2) is 82.5 Å². The van der Waals surface area contributed by atoms with Gasteiger partial charge in [-0.05, 0) is 42.0 Å². The zero-order valence-electron chi connectivity index (χ0n) is 14.7. The first-order chi connectivity index (χ1) is 13.2. The number of hydrogen-bond donors (Lipinski definition) is 0. The van der Waals surface area contributed by atoms with Gasteiger partial charge in [-0.2, -0.15) is 0 Å². The molecule has 0 spiro atoms. The maximum Gasteiger partial charge on any atom is 0.337 e. The highest BCUT2D eigenvalue weighted by molar-refractivity contribution is 5.75. The smallest absolute Gasteiger partial charge is 0.337 e. The van der Waals surface area contributed by atoms with Gasteiger partial charge < -0.3 is 4.74 Å². The van der Waals surface area contributed by atoms with Gasteiger partial charge in [0.05, 0.1) is 24.7 Å². The molecule has 2 aromatic heterocycles. The Kier molecular flexibility index (Phi) is 4.30. The van der Waals surface area contributed by atoms with E-state index in [1.807, 2.05) is 30.3 Å². The lowest BCUT2D eigenvalue weighted by atomic mass is 10.2. The van der Waals surface area contributed by atoms with Crippen LogP contribution in [0.5, 0.6) is 5.75 Å². The van der Waals surface area contributed by atoms with Crippen LogP contribution in [-0.2, 0) is 6.54 Å². The summed E-state index contributed by atoms with van der Waals surface area (Å²) in [6, 6.07) is 19.9. The zero-order chi connectivity index (χ0) is 18.8. The van der Waals surface area contributed by atoms with E-state index in [0.29, 0.717) is 22.5 Å². The molecule has 2 aromatic carbocycles. The van der Waals surface area contributed by atoms with Crippen LogP contribution >= 0.6 is 0 Å². The predicted octanol–water partition coefficient (Wildman–Crippen LogP) is 2.60. The molecule has 0 aliphatic carbocycles. The molecule has 0 amide bonds. The van der Waals surface area contributed by atoms with E-state index in [-0.39, 0.29) is 12.1 Å². The van der Waals surface area contributed by atoms with E-state index in [1.165, 1.54) is 9.13 Å². The molecule has 0 bridgehead atoms. The third-order valence-electron chi connectivity index (χ3n) is 4.41. The SMILES string of the molecule is COc1ccc(-n2c(=O)n(Cc3ccccc3)c(=O)c3cccnc32)cc1. The zero-order valence-corrected chi connectivity index (χ0v) is 14.7. The summed E-state index contributed by atoms with van der Waals surface area (Å²) < 4.78 is 7.88. The number of aromatic nitrogens is 3. The van der Waals surface area contributed by atoms with E-state index in [2.05, 4.69) is 4.98 Å². The Bertz CT molecular complexity index is 1210. The Morgan fingerprint density at radius 3 is 2.37 bits per heavy atom. The van der Waals surface area contributed by atoms with E-state index in [0.717, 1.165) is 5.56 Å². The molecular formula is C21H17N3O3. The first kappa shape index (κ1) is 16.8. The van der Waals surface area contributed by atoms with E-state index < -0.39 is 5.69 Å². The number of benzene rings is 2. The third-order valence-corrected chi connectivity index (χ3v) is 4.41. The second-order valence-electron chi connectivity index (χ2n) is 6.07. The van der Waals surface area contributed by atoms with Crippen molar-refractivity contribution in [2.24, 2.45) is 0 Å². The summed E-state index contributed by atoms with van der Waals surface area (Å²) in [6.07, 6.45) is 1.57. The van der Waals surface area contributed by atoms with Gasteiger partial charge in [0.25, 0.3) is 5.56 Å². The molecule has 2 heterocycles. The molecule has 0 aliphatic rings. The van der Waals surface area contributed by atoms with Crippen LogP contribution < -0.4 is 16.0 Å². The minimum absolute atomic E-state index is 0.194. The summed E-state index contributed by atoms with van der Waals surface area (Å²) in [5.74, 6) is 0.682. The summed E-state index contributed by atoms with van der Waals surface area (Å²) in [6.45, 7) is 0.194. The molecule has 0 atom stereocenters. The minimum atomic E-state index is -0.430. The van der Waals surface area contributed by atoms with Gasteiger partial charge in [-0.25, -0.2) is 14.3 Å². The van der Waals surface area contributed by atoms with Crippen LogP contribution in [-0.4, -0.2) is 21.2 Å². The van der Waals surface area contributed by atoms with Gasteiger partial charge in [0.2, 0.25) is 0 Å². The second-order valence-corrected chi connectivity index (χ2v) is 6.07. The Balaban J connectivity index is 1.99. The highest BCUT2D eigenvalue weighted by atomic mass is 16.5. The lowest BCUT2D eigenvalue weighted by Gasteiger charge is -2.14. The number of rotatable bonds is 4. The van der Waals surface area contributed by atoms with Crippen LogP contribution in [0.1, 0.15) is 5.56 Å². The van der Waals surface area contributed by atoms with Crippen molar-refractivity contribution in [3.8, 4) is 11.4 Å². The Hall–Kier alpha value is -3.67. The van der Waals surface area contributed by atoms with Gasteiger partial charge in [-0.3, -0.25) is 9.36 Å². The number of methoxy groups -OCH3 is 1. The molecule has 0 saturated carbocycles. The van der Waals surface area contributed by atoms with Gasteiger partial charge >= 0.3 is 5.69 Å². The van der Waals surface area contributed by atoms with Gasteiger partial charge in [0, 0.05) is 6.20 Å². The average Bonchev–Trinajstić information content (AvgIpc) is 2.72. The Morgan fingerprint density at radius 2 is 1.67 bits per heavy atom. The summed E-state index contributed by atoms with van der Waals surface area (Å²) in [7, 11) is 1.58. The first-order valence-corrected chi connectivity index (χ1v) is 8.48. The van der Waals surface area contributed by atoms with Crippen LogP contribution in [0.2, 0.25) is 0 Å². The molecule has 6 nitrogen and oxygen atoms in total. The molecule has 134 valence electrons. The van der Waals surface area contributed by atoms with Gasteiger partial charge in [0.1, 0.15) is 5.75 Å². The highest BCUT2D eigenvalue weighted by Gasteiger charge is 2.15. The van der Waals surface area contributed by atoms with Crippen LogP contribution in [0.25, 0.3) is 16.7 Å². The van der Waals surface area contributed by atoms with E-state index >= 15 is 0 Å². The third kappa shape index (κ3) is 3.01. The molecule has 0 saturated heterocycles. The molecule has 4 aromatic rings. The summed E-state index contributed by atoms with van der Waals surface area (Å²) >= 11 is 0. The van der Waals surface area contributed by atoms with Crippen molar-refractivity contribution in [1.29, 1.82) is 0 Å². The van der Waals surface area contributed by atoms with Crippen molar-refractivity contribution in [1.82, 2.24) is 14.1 Å². The molecule has 6 heteroatoms. The highest BCUT2D eigenvalue weighted by Crippen LogP contribution is 2.16. The van der Waals surface area contributed by atoms with Crippen LogP contribution in [0.3, 0.4) is 0 Å². The van der Waals surface area contributed by atoms with Gasteiger partial charge in [-0.1, -0.05) is 30.3 Å². The topological polar surface area (TPSA) is 66.1 Å². The normalized spacial score (nSPS) is 10.9. The van der Waals surface area contributed by atoms with Crippen LogP contribution in [0, 0.1) is 0 Å². The van der Waals surface area contributed by atoms with E-state index in [4.69, 9.17) is 4.74 Å². The predicted molar refractivity (Wildman–Crippen MR) is 104 cm³/mol. The molecule has 0 radical (unpaired) electrons. The summed E-state index contributed by atoms with van der Waals surface area (Å²) in [5, 5.41) is 0.392. The first-order valence-electron chi connectivity index (χ1n) is 8.48. The van der Waals surface area contributed by atoms with Gasteiger partial charge in [0.15, 0.2) is 5.65 Å². The van der Waals surface area contributed by atoms with Crippen molar-refractivity contribution >= 4 is 11.0 Å². The summed E-state index contributed by atoms with van der Waals surface area (Å²) in [4.78, 5) is 30.4. The monoisotopic (exact) mass is 359 g/mol. The van der Waals surface area contributed by atoms with Gasteiger partial charge in [-0.15, -0.1) is 0 Å². The average molecular weight is 359 g/mol. The largest absolute Gasteiger partial charge is 0.497 e. The van der Waals surface area contributed by atoms with Crippen molar-refractivity contribution in [2.45, 2.75) is 6.54 Å². The number of nitrogens with zero attached hydrogens (tertiary/aromatic N) is 3. The fraction of sp³-hybridized carbons (Fsp3) is 0.0952. The molecule has 27 heavy (non-hydrogen) atoms. The van der Waals surface area contributed by atoms with Crippen molar-refractivity contribution in [3.63, 3.8) is 0 Å². The molecule has 0 unspecified atom stereocenters. The number of hydrogen-bond acceptors (Lipinski definition) is 4. The minimum Gasteiger partial charge on any atom is -0.497 e. The summed E-state index contributed by atoms with van der Waals surface area (Å²) in [5.41, 5.74) is 1.05. The van der Waals surface area contributed by atoms with E-state index in [9.17, 15) is 9.59 Å². The fourth-order valence-electron chi connectivity index (χ4n) is 3.06. The van der Waals surface area contributed by atoms with Crippen LogP contribution in [0.4, 0.5) is 0 Å². The van der Waals surface area contributed by atoms with Crippen molar-refractivity contribution in [2.75, 3.05) is 7.11 Å². The Labute approximate surface area is 154 Å². The fourth-order valence-corrected chi connectivity index (χ4v) is 3.06. The lowest BCUT2D eigenvalue weighted by Crippen LogP contribution is -2.40. The maximum absolute atomic E-state index is 13.2. The maximum atomic E-state index is 13.2. The standard InChI is InChI=1S/C21H17N3O3/c1-27-17-11-9-16(10-12-17)24-19-18(8-5-13-22-19)20(25)23(21(24)26)14-15-6-3-2-4-7-15/h2-13H,14H2,1H3. The lowest BCUT2D eigenvalue weighted by molar-refractivity contribution is 0.414. The number of ether oxygens (including phenoxy) is 1. The van der Waals surface area contributed by atoms with Crippen molar-refractivity contribution < 1.29 is 4.74 Å². The molecule has 0 N–H and O–H groups in total. The number of pyridine rings is 1. The molecule has 0 fully saturated rings.